The minimum Gasteiger partial charge on any atom is -0.220 e. The first-order valence-corrected chi connectivity index (χ1v) is 2.66. The van der Waals surface area contributed by atoms with Crippen molar-refractivity contribution in [3.05, 3.63) is 0 Å². The molecule has 0 spiro atoms. The van der Waals surface area contributed by atoms with Crippen LogP contribution in [0.15, 0.2) is 0 Å². The molecule has 0 aliphatic carbocycles. The third kappa shape index (κ3) is 6.03. The van der Waals surface area contributed by atoms with Gasteiger partial charge in [-0.25, -0.2) is 4.89 Å². The Morgan fingerprint density at radius 1 is 1.71 bits per heavy atom. The molecular weight excluding hydrogens is 120 g/mol. The van der Waals surface area contributed by atoms with E-state index in [1.54, 1.807) is 6.92 Å². The second-order valence-corrected chi connectivity index (χ2v) is 1.22. The first kappa shape index (κ1) is 7.03. The summed E-state index contributed by atoms with van der Waals surface area (Å²) < 4.78 is 22.4. The van der Waals surface area contributed by atoms with Crippen LogP contribution in [0.4, 0.5) is 0 Å². The Bertz CT molecular complexity index is 62.7. The predicted octanol–water partition coefficient (Wildman–Crippen LogP) is -0.0363. The largest absolute Gasteiger partial charge is 0.363 e. The molecule has 0 rings (SSSR count). The van der Waals surface area contributed by atoms with E-state index in [2.05, 4.69) is 9.22 Å². The molecule has 0 N–H and O–H groups in total. The maximum Gasteiger partial charge on any atom is 0.363 e. The van der Waals surface area contributed by atoms with Crippen molar-refractivity contribution in [1.29, 1.82) is 0 Å². The van der Waals surface area contributed by atoms with Gasteiger partial charge in [0.25, 0.3) is 0 Å². The molecule has 0 aromatic carbocycles. The van der Waals surface area contributed by atoms with E-state index in [4.69, 9.17) is 0 Å². The summed E-state index contributed by atoms with van der Waals surface area (Å²) in [6, 6.07) is 0. The number of hydrogen-bond donors (Lipinski definition) is 0. The second kappa shape index (κ2) is 4.20. The summed E-state index contributed by atoms with van der Waals surface area (Å²) >= 11 is -2.54. The Hall–Kier alpha value is 0.0300. The molecule has 0 aliphatic rings. The van der Waals surface area contributed by atoms with Crippen LogP contribution < -0.4 is 0 Å². The van der Waals surface area contributed by atoms with Gasteiger partial charge in [-0.1, -0.05) is 4.55 Å². The van der Waals surface area contributed by atoms with E-state index in [9.17, 15) is 8.76 Å². The lowest BCUT2D eigenvalue weighted by molar-refractivity contribution is -0.198. The van der Waals surface area contributed by atoms with Gasteiger partial charge in [-0.15, -0.1) is 4.33 Å². The third-order valence-electron chi connectivity index (χ3n) is 0.222. The molecule has 43 valence electrons. The molecule has 0 aromatic heterocycles. The molecule has 0 aliphatic heterocycles. The van der Waals surface area contributed by atoms with Crippen LogP contribution in [0.5, 0.6) is 0 Å². The lowest BCUT2D eigenvalue weighted by Gasteiger charge is -1.88. The molecule has 1 atom stereocenters. The maximum absolute atomic E-state index is 9.41. The van der Waals surface area contributed by atoms with Gasteiger partial charge in [-0.2, -0.15) is 4.21 Å². The van der Waals surface area contributed by atoms with Crippen molar-refractivity contribution in [2.45, 2.75) is 6.92 Å². The summed E-state index contributed by atoms with van der Waals surface area (Å²) in [7, 11) is 0. The molecule has 0 amide bonds. The topological polar surface area (TPSA) is 55.4 Å². The van der Waals surface area contributed by atoms with Crippen LogP contribution in [0, 0.1) is 0 Å². The van der Waals surface area contributed by atoms with E-state index < -0.39 is 11.4 Å². The first-order chi connectivity index (χ1) is 3.27. The van der Waals surface area contributed by atoms with Crippen molar-refractivity contribution in [1.82, 2.24) is 0 Å². The van der Waals surface area contributed by atoms with Gasteiger partial charge in [-0.3, -0.25) is 0 Å². The lowest BCUT2D eigenvalue weighted by atomic mass is 10.9. The van der Waals surface area contributed by atoms with Crippen LogP contribution in [0.3, 0.4) is 0 Å². The van der Waals surface area contributed by atoms with Gasteiger partial charge >= 0.3 is 11.4 Å². The zero-order valence-electron chi connectivity index (χ0n) is 3.75. The second-order valence-electron chi connectivity index (χ2n) is 0.679. The average molecular weight is 125 g/mol. The Labute approximate surface area is 43.8 Å². The van der Waals surface area contributed by atoms with Crippen LogP contribution in [-0.2, 0) is 25.1 Å². The highest BCUT2D eigenvalue weighted by Crippen LogP contribution is 1.79. The Morgan fingerprint density at radius 2 is 2.29 bits per heavy atom. The number of rotatable bonds is 3. The maximum atomic E-state index is 9.41. The van der Waals surface area contributed by atoms with E-state index in [1.807, 2.05) is 0 Å². The predicted molar refractivity (Wildman–Crippen MR) is 21.5 cm³/mol. The van der Waals surface area contributed by atoms with E-state index in [0.717, 1.165) is 0 Å². The zero-order chi connectivity index (χ0) is 5.70. The SMILES string of the molecule is CCOOS([O])=O. The van der Waals surface area contributed by atoms with E-state index in [0.29, 0.717) is 0 Å². The average Bonchev–Trinajstić information content (AvgIpc) is 1.61. The van der Waals surface area contributed by atoms with E-state index in [-0.39, 0.29) is 6.61 Å². The normalized spacial score (nSPS) is 14.0. The van der Waals surface area contributed by atoms with Crippen LogP contribution in [0.1, 0.15) is 6.92 Å². The van der Waals surface area contributed by atoms with Crippen molar-refractivity contribution >= 4 is 11.4 Å². The molecule has 7 heavy (non-hydrogen) atoms. The fraction of sp³-hybridized carbons (Fsp3) is 1.00. The summed E-state index contributed by atoms with van der Waals surface area (Å²) in [5.41, 5.74) is 0. The molecule has 4 nitrogen and oxygen atoms in total. The van der Waals surface area contributed by atoms with Crippen LogP contribution in [0.2, 0.25) is 0 Å². The fourth-order valence-electron chi connectivity index (χ4n) is 0.0874. The van der Waals surface area contributed by atoms with Gasteiger partial charge in [0.2, 0.25) is 0 Å². The van der Waals surface area contributed by atoms with E-state index in [1.165, 1.54) is 0 Å². The third-order valence-corrected chi connectivity index (χ3v) is 0.429. The Kier molecular flexibility index (Phi) is 4.21. The van der Waals surface area contributed by atoms with Gasteiger partial charge in [0, 0.05) is 0 Å². The molecule has 0 saturated carbocycles. The summed E-state index contributed by atoms with van der Waals surface area (Å²) in [6.07, 6.45) is 0. The molecule has 1 radical (unpaired) electrons. The smallest absolute Gasteiger partial charge is 0.220 e. The molecule has 5 heteroatoms. The van der Waals surface area contributed by atoms with Gasteiger partial charge < -0.3 is 0 Å². The highest BCUT2D eigenvalue weighted by molar-refractivity contribution is 7.73. The van der Waals surface area contributed by atoms with Crippen molar-refractivity contribution in [2.75, 3.05) is 6.61 Å². The number of hydrogen-bond acceptors (Lipinski definition) is 3. The van der Waals surface area contributed by atoms with Crippen molar-refractivity contribution in [3.8, 4) is 0 Å². The van der Waals surface area contributed by atoms with Gasteiger partial charge in [0.15, 0.2) is 0 Å². The summed E-state index contributed by atoms with van der Waals surface area (Å²) in [4.78, 5) is 3.98. The standard InChI is InChI=1S/C2H5O4S/c1-2-5-6-7(3)4/h2H2,1H3. The quantitative estimate of drug-likeness (QED) is 0.393. The lowest BCUT2D eigenvalue weighted by Crippen LogP contribution is -1.94. The zero-order valence-corrected chi connectivity index (χ0v) is 4.56. The molecule has 1 unspecified atom stereocenters. The molecule has 0 saturated heterocycles. The minimum atomic E-state index is -2.54. The van der Waals surface area contributed by atoms with E-state index >= 15 is 0 Å². The molecule has 0 bridgehead atoms. The monoisotopic (exact) mass is 125 g/mol. The van der Waals surface area contributed by atoms with Crippen LogP contribution >= 0.6 is 0 Å². The highest BCUT2D eigenvalue weighted by atomic mass is 32.2. The molecule has 0 fully saturated rings. The van der Waals surface area contributed by atoms with Crippen LogP contribution in [0.25, 0.3) is 0 Å². The van der Waals surface area contributed by atoms with Crippen LogP contribution in [-0.4, -0.2) is 10.8 Å². The van der Waals surface area contributed by atoms with Crippen molar-refractivity contribution in [3.63, 3.8) is 0 Å². The molecule has 0 aromatic rings. The van der Waals surface area contributed by atoms with Gasteiger partial charge in [0.05, 0.1) is 6.61 Å². The fourth-order valence-corrected chi connectivity index (χ4v) is 0.262. The summed E-state index contributed by atoms with van der Waals surface area (Å²) in [5, 5.41) is 0. The molecule has 0 heterocycles. The Balaban J connectivity index is 2.82. The van der Waals surface area contributed by atoms with Gasteiger partial charge in [0.1, 0.15) is 0 Å². The van der Waals surface area contributed by atoms with Crippen molar-refractivity contribution < 1.29 is 18.0 Å². The minimum absolute atomic E-state index is 0.230. The summed E-state index contributed by atoms with van der Waals surface area (Å²) in [6.45, 7) is 1.85. The molecular formula is C2H5O4S. The first-order valence-electron chi connectivity index (χ1n) is 1.66. The Morgan fingerprint density at radius 3 is 2.43 bits per heavy atom. The van der Waals surface area contributed by atoms with Crippen molar-refractivity contribution in [2.24, 2.45) is 0 Å². The van der Waals surface area contributed by atoms with Gasteiger partial charge in [-0.05, 0) is 6.92 Å². The highest BCUT2D eigenvalue weighted by Gasteiger charge is 1.90. The summed E-state index contributed by atoms with van der Waals surface area (Å²) in [5.74, 6) is 0.